The molecule has 1 saturated heterocycles. The van der Waals surface area contributed by atoms with Crippen LogP contribution in [0, 0.1) is 0 Å². The van der Waals surface area contributed by atoms with E-state index < -0.39 is 18.6 Å². The molecule has 9 nitrogen and oxygen atoms in total. The number of amides is 2. The zero-order chi connectivity index (χ0) is 23.4. The van der Waals surface area contributed by atoms with Gasteiger partial charge in [0.2, 0.25) is 5.91 Å². The van der Waals surface area contributed by atoms with Crippen LogP contribution >= 0.6 is 0 Å². The Bertz CT molecular complexity index is 1140. The van der Waals surface area contributed by atoms with E-state index >= 15 is 0 Å². The summed E-state index contributed by atoms with van der Waals surface area (Å²) >= 11 is 0. The summed E-state index contributed by atoms with van der Waals surface area (Å²) in [5, 5.41) is 13.1. The van der Waals surface area contributed by atoms with E-state index in [1.807, 2.05) is 24.3 Å². The number of aliphatic hydroxyl groups excluding tert-OH is 1. The lowest BCUT2D eigenvalue weighted by atomic mass is 10.2. The maximum Gasteiger partial charge on any atom is 0.287 e. The summed E-state index contributed by atoms with van der Waals surface area (Å²) < 4.78 is 16.3. The quantitative estimate of drug-likeness (QED) is 0.563. The average molecular weight is 453 g/mol. The minimum atomic E-state index is -1.06. The molecule has 3 aromatic rings. The zero-order valence-electron chi connectivity index (χ0n) is 18.6. The fourth-order valence-corrected chi connectivity index (χ4v) is 4.00. The van der Waals surface area contributed by atoms with E-state index in [0.29, 0.717) is 42.9 Å². The SMILES string of the molecule is COc1ccccc1N1CCN(C(=O)C(CO)NC(=O)c2cc3cccc(OC)c3o2)CC1. The molecule has 1 aliphatic rings. The van der Waals surface area contributed by atoms with Crippen molar-refractivity contribution in [3.8, 4) is 11.5 Å². The number of benzene rings is 2. The van der Waals surface area contributed by atoms with E-state index in [1.54, 1.807) is 36.3 Å². The number of anilines is 1. The van der Waals surface area contributed by atoms with Crippen molar-refractivity contribution in [1.29, 1.82) is 0 Å². The van der Waals surface area contributed by atoms with Crippen molar-refractivity contribution < 1.29 is 28.6 Å². The number of rotatable bonds is 7. The average Bonchev–Trinajstić information content (AvgIpc) is 3.31. The van der Waals surface area contributed by atoms with E-state index in [4.69, 9.17) is 13.9 Å². The highest BCUT2D eigenvalue weighted by Crippen LogP contribution is 2.29. The van der Waals surface area contributed by atoms with Gasteiger partial charge in [-0.05, 0) is 24.3 Å². The topological polar surface area (TPSA) is 104 Å². The Kier molecular flexibility index (Phi) is 6.69. The minimum absolute atomic E-state index is 0.0433. The van der Waals surface area contributed by atoms with Crippen molar-refractivity contribution >= 4 is 28.5 Å². The number of ether oxygens (including phenoxy) is 2. The summed E-state index contributed by atoms with van der Waals surface area (Å²) in [4.78, 5) is 29.5. The number of hydrogen-bond acceptors (Lipinski definition) is 7. The Morgan fingerprint density at radius 1 is 1.03 bits per heavy atom. The fraction of sp³-hybridized carbons (Fsp3) is 0.333. The number of carbonyl (C=O) groups is 2. The second-order valence-electron chi connectivity index (χ2n) is 7.68. The molecule has 2 amide bonds. The molecule has 1 aliphatic heterocycles. The van der Waals surface area contributed by atoms with Crippen LogP contribution < -0.4 is 19.7 Å². The third-order valence-corrected chi connectivity index (χ3v) is 5.75. The van der Waals surface area contributed by atoms with Gasteiger partial charge in [-0.15, -0.1) is 0 Å². The number of hydrogen-bond donors (Lipinski definition) is 2. The molecular formula is C24H27N3O6. The van der Waals surface area contributed by atoms with Crippen LogP contribution in [0.15, 0.2) is 52.9 Å². The van der Waals surface area contributed by atoms with Gasteiger partial charge in [0.05, 0.1) is 26.5 Å². The van der Waals surface area contributed by atoms with E-state index in [-0.39, 0.29) is 11.7 Å². The van der Waals surface area contributed by atoms with Gasteiger partial charge < -0.3 is 34.1 Å². The smallest absolute Gasteiger partial charge is 0.287 e. The Balaban J connectivity index is 1.40. The zero-order valence-corrected chi connectivity index (χ0v) is 18.6. The Morgan fingerprint density at radius 3 is 2.42 bits per heavy atom. The third-order valence-electron chi connectivity index (χ3n) is 5.75. The van der Waals surface area contributed by atoms with Crippen LogP contribution in [0.5, 0.6) is 11.5 Å². The number of carbonyl (C=O) groups excluding carboxylic acids is 2. The van der Waals surface area contributed by atoms with Gasteiger partial charge >= 0.3 is 0 Å². The molecule has 1 fully saturated rings. The van der Waals surface area contributed by atoms with E-state index in [0.717, 1.165) is 11.4 Å². The molecule has 1 unspecified atom stereocenters. The maximum atomic E-state index is 13.0. The first kappa shape index (κ1) is 22.5. The van der Waals surface area contributed by atoms with E-state index in [2.05, 4.69) is 10.2 Å². The number of aliphatic hydroxyl groups is 1. The summed E-state index contributed by atoms with van der Waals surface area (Å²) in [5.41, 5.74) is 1.42. The standard InChI is InChI=1S/C24H27N3O6/c1-31-19-8-4-3-7-18(19)26-10-12-27(13-11-26)24(30)17(15-28)25-23(29)21-14-16-6-5-9-20(32-2)22(16)33-21/h3-9,14,17,28H,10-13,15H2,1-2H3,(H,25,29). The van der Waals surface area contributed by atoms with E-state index in [1.165, 1.54) is 7.11 Å². The van der Waals surface area contributed by atoms with Crippen molar-refractivity contribution in [1.82, 2.24) is 10.2 Å². The molecule has 9 heteroatoms. The van der Waals surface area contributed by atoms with Crippen molar-refractivity contribution in [3.05, 3.63) is 54.3 Å². The summed E-state index contributed by atoms with van der Waals surface area (Å²) in [6.07, 6.45) is 0. The van der Waals surface area contributed by atoms with Gasteiger partial charge in [0, 0.05) is 31.6 Å². The van der Waals surface area contributed by atoms with Crippen LogP contribution in [-0.4, -0.2) is 74.9 Å². The molecule has 2 aromatic carbocycles. The minimum Gasteiger partial charge on any atom is -0.495 e. The Hall–Kier alpha value is -3.72. The number of furan rings is 1. The third kappa shape index (κ3) is 4.58. The van der Waals surface area contributed by atoms with Gasteiger partial charge in [-0.1, -0.05) is 24.3 Å². The van der Waals surface area contributed by atoms with Crippen LogP contribution in [0.3, 0.4) is 0 Å². The molecule has 0 aliphatic carbocycles. The number of nitrogens with zero attached hydrogens (tertiary/aromatic N) is 2. The first-order valence-corrected chi connectivity index (χ1v) is 10.7. The number of para-hydroxylation sites is 3. The predicted molar refractivity (Wildman–Crippen MR) is 123 cm³/mol. The highest BCUT2D eigenvalue weighted by molar-refractivity contribution is 5.99. The normalized spacial score (nSPS) is 14.8. The highest BCUT2D eigenvalue weighted by atomic mass is 16.5. The van der Waals surface area contributed by atoms with Crippen molar-refractivity contribution in [3.63, 3.8) is 0 Å². The molecule has 33 heavy (non-hydrogen) atoms. The largest absolute Gasteiger partial charge is 0.495 e. The molecule has 0 bridgehead atoms. The van der Waals surface area contributed by atoms with Crippen molar-refractivity contribution in [2.75, 3.05) is 51.9 Å². The monoisotopic (exact) mass is 453 g/mol. The van der Waals surface area contributed by atoms with Gasteiger partial charge in [0.25, 0.3) is 5.91 Å². The molecule has 1 aromatic heterocycles. The summed E-state index contributed by atoms with van der Waals surface area (Å²) in [5.74, 6) is 0.420. The summed E-state index contributed by atoms with van der Waals surface area (Å²) in [6.45, 7) is 1.64. The van der Waals surface area contributed by atoms with Crippen LogP contribution in [0.1, 0.15) is 10.6 Å². The van der Waals surface area contributed by atoms with E-state index in [9.17, 15) is 14.7 Å². The Morgan fingerprint density at radius 2 is 1.73 bits per heavy atom. The number of fused-ring (bicyclic) bond motifs is 1. The molecule has 2 N–H and O–H groups in total. The number of piperazine rings is 1. The second kappa shape index (κ2) is 9.83. The molecule has 174 valence electrons. The predicted octanol–water partition coefficient (Wildman–Crippen LogP) is 1.89. The highest BCUT2D eigenvalue weighted by Gasteiger charge is 2.30. The molecule has 0 saturated carbocycles. The first-order valence-electron chi connectivity index (χ1n) is 10.7. The fourth-order valence-electron chi connectivity index (χ4n) is 4.00. The lowest BCUT2D eigenvalue weighted by Crippen LogP contribution is -2.56. The van der Waals surface area contributed by atoms with Gasteiger partial charge in [-0.25, -0.2) is 0 Å². The van der Waals surface area contributed by atoms with Crippen LogP contribution in [0.4, 0.5) is 5.69 Å². The van der Waals surface area contributed by atoms with Crippen LogP contribution in [-0.2, 0) is 4.79 Å². The van der Waals surface area contributed by atoms with Crippen LogP contribution in [0.2, 0.25) is 0 Å². The molecule has 1 atom stereocenters. The van der Waals surface area contributed by atoms with Gasteiger partial charge in [0.1, 0.15) is 11.8 Å². The van der Waals surface area contributed by atoms with Crippen molar-refractivity contribution in [2.45, 2.75) is 6.04 Å². The van der Waals surface area contributed by atoms with Crippen LogP contribution in [0.25, 0.3) is 11.0 Å². The lowest BCUT2D eigenvalue weighted by Gasteiger charge is -2.37. The summed E-state index contributed by atoms with van der Waals surface area (Å²) in [6, 6.07) is 13.6. The molecule has 4 rings (SSSR count). The first-order chi connectivity index (χ1) is 16.0. The molecule has 0 spiro atoms. The lowest BCUT2D eigenvalue weighted by molar-refractivity contribution is -0.134. The molecule has 0 radical (unpaired) electrons. The van der Waals surface area contributed by atoms with Gasteiger partial charge in [-0.3, -0.25) is 9.59 Å². The maximum absolute atomic E-state index is 13.0. The molecule has 2 heterocycles. The number of nitrogens with one attached hydrogen (secondary N) is 1. The number of methoxy groups -OCH3 is 2. The van der Waals surface area contributed by atoms with Crippen molar-refractivity contribution in [2.24, 2.45) is 0 Å². The summed E-state index contributed by atoms with van der Waals surface area (Å²) in [7, 11) is 3.15. The van der Waals surface area contributed by atoms with Gasteiger partial charge in [-0.2, -0.15) is 0 Å². The Labute approximate surface area is 191 Å². The van der Waals surface area contributed by atoms with Gasteiger partial charge in [0.15, 0.2) is 17.1 Å². The molecular weight excluding hydrogens is 426 g/mol. The second-order valence-corrected chi connectivity index (χ2v) is 7.68.